The van der Waals surface area contributed by atoms with Crippen molar-refractivity contribution in [3.05, 3.63) is 48.5 Å². The molecular formula is C12H19N3. The summed E-state index contributed by atoms with van der Waals surface area (Å²) >= 11 is 0. The van der Waals surface area contributed by atoms with E-state index in [9.17, 15) is 0 Å². The van der Waals surface area contributed by atoms with Gasteiger partial charge in [0, 0.05) is 24.5 Å². The molecule has 15 heavy (non-hydrogen) atoms. The molecule has 0 heterocycles. The van der Waals surface area contributed by atoms with Crippen LogP contribution in [0.3, 0.4) is 0 Å². The number of allylic oxidation sites excluding steroid dienone is 3. The molecule has 3 nitrogen and oxygen atoms in total. The molecule has 82 valence electrons. The van der Waals surface area contributed by atoms with Crippen LogP contribution in [0.25, 0.3) is 0 Å². The highest BCUT2D eigenvalue weighted by molar-refractivity contribution is 5.30. The van der Waals surface area contributed by atoms with E-state index >= 15 is 0 Å². The lowest BCUT2D eigenvalue weighted by molar-refractivity contribution is 0.397. The van der Waals surface area contributed by atoms with Crippen molar-refractivity contribution in [2.45, 2.75) is 12.8 Å². The van der Waals surface area contributed by atoms with E-state index in [2.05, 4.69) is 18.1 Å². The molecule has 1 aliphatic rings. The fourth-order valence-electron chi connectivity index (χ4n) is 1.71. The number of hydrogen-bond donors (Lipinski definition) is 2. The van der Waals surface area contributed by atoms with Gasteiger partial charge < -0.3 is 16.4 Å². The Labute approximate surface area is 91.4 Å². The number of nitrogens with zero attached hydrogens (tertiary/aromatic N) is 1. The second kappa shape index (κ2) is 5.29. The van der Waals surface area contributed by atoms with Crippen LogP contribution < -0.4 is 11.5 Å². The van der Waals surface area contributed by atoms with Crippen LogP contribution in [-0.2, 0) is 0 Å². The molecule has 0 aromatic heterocycles. The van der Waals surface area contributed by atoms with Crippen LogP contribution in [0, 0.1) is 0 Å². The normalized spacial score (nSPS) is 15.9. The number of rotatable bonds is 5. The Morgan fingerprint density at radius 1 is 1.20 bits per heavy atom. The first-order valence-corrected chi connectivity index (χ1v) is 5.10. The summed E-state index contributed by atoms with van der Waals surface area (Å²) in [4.78, 5) is 2.16. The largest absolute Gasteiger partial charge is 0.402 e. The van der Waals surface area contributed by atoms with Crippen LogP contribution in [0.15, 0.2) is 48.5 Å². The SMILES string of the molecule is C=CCN(CC=C)C1=C(N)C=C(N)CC1. The maximum Gasteiger partial charge on any atom is 0.0526 e. The van der Waals surface area contributed by atoms with Crippen molar-refractivity contribution in [1.82, 2.24) is 4.90 Å². The summed E-state index contributed by atoms with van der Waals surface area (Å²) in [6.45, 7) is 9.05. The van der Waals surface area contributed by atoms with Crippen molar-refractivity contribution in [2.24, 2.45) is 11.5 Å². The van der Waals surface area contributed by atoms with Crippen molar-refractivity contribution in [3.63, 3.8) is 0 Å². The Hall–Kier alpha value is -1.64. The zero-order valence-corrected chi connectivity index (χ0v) is 9.08. The molecule has 0 unspecified atom stereocenters. The molecule has 0 aliphatic heterocycles. The van der Waals surface area contributed by atoms with Gasteiger partial charge in [-0.1, -0.05) is 12.2 Å². The van der Waals surface area contributed by atoms with E-state index in [0.717, 1.165) is 43.0 Å². The molecule has 0 radical (unpaired) electrons. The minimum absolute atomic E-state index is 0.766. The van der Waals surface area contributed by atoms with Crippen LogP contribution in [0.2, 0.25) is 0 Å². The molecule has 0 aromatic carbocycles. The van der Waals surface area contributed by atoms with Gasteiger partial charge in [0.05, 0.1) is 5.70 Å². The van der Waals surface area contributed by atoms with Gasteiger partial charge in [-0.3, -0.25) is 0 Å². The summed E-state index contributed by atoms with van der Waals surface area (Å²) in [7, 11) is 0. The predicted octanol–water partition coefficient (Wildman–Crippen LogP) is 1.47. The van der Waals surface area contributed by atoms with Gasteiger partial charge in [0.15, 0.2) is 0 Å². The van der Waals surface area contributed by atoms with E-state index in [1.807, 2.05) is 18.2 Å². The quantitative estimate of drug-likeness (QED) is 0.668. The highest BCUT2D eigenvalue weighted by atomic mass is 15.1. The minimum atomic E-state index is 0.766. The number of hydrogen-bond acceptors (Lipinski definition) is 3. The van der Waals surface area contributed by atoms with Crippen LogP contribution in [0.1, 0.15) is 12.8 Å². The Morgan fingerprint density at radius 3 is 2.27 bits per heavy atom. The zero-order chi connectivity index (χ0) is 11.3. The first kappa shape index (κ1) is 11.4. The molecule has 0 bridgehead atoms. The average molecular weight is 205 g/mol. The highest BCUT2D eigenvalue weighted by Gasteiger charge is 2.14. The second-order valence-corrected chi connectivity index (χ2v) is 3.60. The molecule has 0 aromatic rings. The topological polar surface area (TPSA) is 55.3 Å². The lowest BCUT2D eigenvalue weighted by atomic mass is 10.0. The van der Waals surface area contributed by atoms with Gasteiger partial charge in [-0.25, -0.2) is 0 Å². The van der Waals surface area contributed by atoms with Crippen molar-refractivity contribution >= 4 is 0 Å². The van der Waals surface area contributed by atoms with E-state index in [1.165, 1.54) is 0 Å². The Kier molecular flexibility index (Phi) is 4.03. The lowest BCUT2D eigenvalue weighted by Crippen LogP contribution is -2.28. The third-order valence-corrected chi connectivity index (χ3v) is 2.41. The molecule has 1 aliphatic carbocycles. The van der Waals surface area contributed by atoms with Crippen LogP contribution >= 0.6 is 0 Å². The summed E-state index contributed by atoms with van der Waals surface area (Å²) in [5.41, 5.74) is 14.4. The van der Waals surface area contributed by atoms with Crippen LogP contribution in [0.4, 0.5) is 0 Å². The highest BCUT2D eigenvalue weighted by Crippen LogP contribution is 2.21. The monoisotopic (exact) mass is 205 g/mol. The van der Waals surface area contributed by atoms with Crippen molar-refractivity contribution in [2.75, 3.05) is 13.1 Å². The maximum atomic E-state index is 5.94. The first-order chi connectivity index (χ1) is 7.19. The molecule has 1 rings (SSSR count). The molecule has 3 heteroatoms. The average Bonchev–Trinajstić information content (AvgIpc) is 2.17. The smallest absolute Gasteiger partial charge is 0.0526 e. The van der Waals surface area contributed by atoms with E-state index in [4.69, 9.17) is 11.5 Å². The predicted molar refractivity (Wildman–Crippen MR) is 64.7 cm³/mol. The molecule has 0 atom stereocenters. The molecule has 0 saturated carbocycles. The Morgan fingerprint density at radius 2 is 1.80 bits per heavy atom. The van der Waals surface area contributed by atoms with Gasteiger partial charge in [0.1, 0.15) is 0 Å². The van der Waals surface area contributed by atoms with Gasteiger partial charge in [-0.2, -0.15) is 0 Å². The molecule has 4 N–H and O–H groups in total. The summed E-state index contributed by atoms with van der Waals surface area (Å²) in [5, 5.41) is 0. The van der Waals surface area contributed by atoms with E-state index < -0.39 is 0 Å². The third-order valence-electron chi connectivity index (χ3n) is 2.41. The maximum absolute atomic E-state index is 5.94. The summed E-state index contributed by atoms with van der Waals surface area (Å²) < 4.78 is 0. The standard InChI is InChI=1S/C12H19N3/c1-3-7-15(8-4-2)12-6-5-10(13)9-11(12)14/h3-4,9H,1-2,5-8,13-14H2. The summed E-state index contributed by atoms with van der Waals surface area (Å²) in [6, 6.07) is 0. The molecule has 0 saturated heterocycles. The van der Waals surface area contributed by atoms with Crippen molar-refractivity contribution in [1.29, 1.82) is 0 Å². The van der Waals surface area contributed by atoms with Crippen molar-refractivity contribution < 1.29 is 0 Å². The molecule has 0 amide bonds. The summed E-state index contributed by atoms with van der Waals surface area (Å²) in [5.74, 6) is 0. The number of nitrogens with two attached hydrogens (primary N) is 2. The Bertz CT molecular complexity index is 303. The Balaban J connectivity index is 2.86. The third kappa shape index (κ3) is 2.91. The van der Waals surface area contributed by atoms with Crippen LogP contribution in [0.5, 0.6) is 0 Å². The van der Waals surface area contributed by atoms with Gasteiger partial charge in [-0.15, -0.1) is 13.2 Å². The van der Waals surface area contributed by atoms with Gasteiger partial charge in [0.25, 0.3) is 0 Å². The first-order valence-electron chi connectivity index (χ1n) is 5.10. The fourth-order valence-corrected chi connectivity index (χ4v) is 1.71. The second-order valence-electron chi connectivity index (χ2n) is 3.60. The van der Waals surface area contributed by atoms with E-state index in [0.29, 0.717) is 0 Å². The van der Waals surface area contributed by atoms with Gasteiger partial charge in [0.2, 0.25) is 0 Å². The lowest BCUT2D eigenvalue weighted by Gasteiger charge is -2.28. The molecule has 0 spiro atoms. The zero-order valence-electron chi connectivity index (χ0n) is 9.08. The molecular weight excluding hydrogens is 186 g/mol. The van der Waals surface area contributed by atoms with E-state index in [-0.39, 0.29) is 0 Å². The van der Waals surface area contributed by atoms with Crippen molar-refractivity contribution in [3.8, 4) is 0 Å². The molecule has 0 fully saturated rings. The van der Waals surface area contributed by atoms with Gasteiger partial charge in [-0.05, 0) is 18.9 Å². The van der Waals surface area contributed by atoms with E-state index in [1.54, 1.807) is 0 Å². The summed E-state index contributed by atoms with van der Waals surface area (Å²) in [6.07, 6.45) is 7.35. The van der Waals surface area contributed by atoms with Gasteiger partial charge >= 0.3 is 0 Å². The minimum Gasteiger partial charge on any atom is -0.402 e. The van der Waals surface area contributed by atoms with Crippen LogP contribution in [-0.4, -0.2) is 18.0 Å². The fraction of sp³-hybridized carbons (Fsp3) is 0.333.